The molecule has 0 radical (unpaired) electrons. The molecule has 5 aromatic rings. The summed E-state index contributed by atoms with van der Waals surface area (Å²) in [6.07, 6.45) is 0. The topological polar surface area (TPSA) is 64.3 Å². The maximum absolute atomic E-state index is 12.8. The van der Waals surface area contributed by atoms with Crippen LogP contribution in [-0.2, 0) is 9.84 Å². The third-order valence-electron chi connectivity index (χ3n) is 4.70. The van der Waals surface area contributed by atoms with E-state index in [9.17, 15) is 8.42 Å². The molecule has 0 spiro atoms. The minimum absolute atomic E-state index is 0.244. The molecule has 3 aromatic carbocycles. The van der Waals surface area contributed by atoms with Gasteiger partial charge in [0.15, 0.2) is 5.82 Å². The number of halogens is 1. The highest BCUT2D eigenvalue weighted by atomic mass is 79.9. The van der Waals surface area contributed by atoms with Gasteiger partial charge in [-0.2, -0.15) is 4.98 Å². The molecule has 2 aromatic heterocycles. The number of hydrogen-bond acceptors (Lipinski definition) is 5. The zero-order chi connectivity index (χ0) is 20.7. The highest BCUT2D eigenvalue weighted by Gasteiger charge is 2.18. The molecular weight excluding hydrogens is 482 g/mol. The lowest BCUT2D eigenvalue weighted by molar-refractivity contribution is 0.596. The van der Waals surface area contributed by atoms with Crippen molar-refractivity contribution in [2.45, 2.75) is 9.79 Å². The van der Waals surface area contributed by atoms with E-state index < -0.39 is 9.84 Å². The van der Waals surface area contributed by atoms with E-state index in [2.05, 4.69) is 26.0 Å². The van der Waals surface area contributed by atoms with Gasteiger partial charge in [-0.05, 0) is 48.5 Å². The molecule has 0 saturated heterocycles. The molecule has 0 aliphatic heterocycles. The van der Waals surface area contributed by atoms with Gasteiger partial charge >= 0.3 is 0 Å². The lowest BCUT2D eigenvalue weighted by Gasteiger charge is -2.05. The molecule has 0 aliphatic rings. The van der Waals surface area contributed by atoms with E-state index in [1.807, 2.05) is 34.2 Å². The van der Waals surface area contributed by atoms with Crippen molar-refractivity contribution in [3.05, 3.63) is 88.7 Å². The molecule has 0 aliphatic carbocycles. The van der Waals surface area contributed by atoms with E-state index in [1.54, 1.807) is 54.6 Å². The predicted octanol–water partition coefficient (Wildman–Crippen LogP) is 5.72. The monoisotopic (exact) mass is 495 g/mol. The Kier molecular flexibility index (Phi) is 4.77. The molecule has 8 heteroatoms. The lowest BCUT2D eigenvalue weighted by Crippen LogP contribution is -2.01. The third kappa shape index (κ3) is 3.36. The van der Waals surface area contributed by atoms with E-state index in [0.29, 0.717) is 5.82 Å². The van der Waals surface area contributed by atoms with Crippen molar-refractivity contribution in [2.75, 3.05) is 0 Å². The molecule has 0 unspecified atom stereocenters. The van der Waals surface area contributed by atoms with Crippen molar-refractivity contribution in [1.29, 1.82) is 0 Å². The van der Waals surface area contributed by atoms with Crippen molar-refractivity contribution in [2.24, 2.45) is 0 Å². The van der Waals surface area contributed by atoms with Crippen LogP contribution < -0.4 is 0 Å². The van der Waals surface area contributed by atoms with Crippen LogP contribution in [0.3, 0.4) is 0 Å². The van der Waals surface area contributed by atoms with Gasteiger partial charge in [0.25, 0.3) is 0 Å². The van der Waals surface area contributed by atoms with E-state index in [0.717, 1.165) is 26.3 Å². The summed E-state index contributed by atoms with van der Waals surface area (Å²) in [7, 11) is -3.55. The van der Waals surface area contributed by atoms with Crippen LogP contribution in [0.4, 0.5) is 0 Å². The number of sulfone groups is 1. The first kappa shape index (κ1) is 19.2. The SMILES string of the molecule is O=S(=O)(c1ccccc1)c1ccc(-c2nc3scc(-c4ccc(Br)cc4)n3n2)cc1. The molecule has 5 nitrogen and oxygen atoms in total. The number of rotatable bonds is 4. The van der Waals surface area contributed by atoms with Crippen LogP contribution in [0.2, 0.25) is 0 Å². The fourth-order valence-corrected chi connectivity index (χ4v) is 5.52. The second-order valence-corrected chi connectivity index (χ2v) is 10.3. The van der Waals surface area contributed by atoms with Crippen LogP contribution in [0.15, 0.2) is 98.5 Å². The molecule has 2 heterocycles. The van der Waals surface area contributed by atoms with Crippen molar-refractivity contribution < 1.29 is 8.42 Å². The maximum atomic E-state index is 12.8. The van der Waals surface area contributed by atoms with Gasteiger partial charge < -0.3 is 0 Å². The Hall–Kier alpha value is -2.81. The minimum Gasteiger partial charge on any atom is -0.219 e. The van der Waals surface area contributed by atoms with Gasteiger partial charge in [-0.3, -0.25) is 0 Å². The number of thiazole rings is 1. The van der Waals surface area contributed by atoms with E-state index in [4.69, 9.17) is 0 Å². The molecular formula is C22H14BrN3O2S2. The zero-order valence-electron chi connectivity index (χ0n) is 15.4. The summed E-state index contributed by atoms with van der Waals surface area (Å²) in [6.45, 7) is 0. The number of hydrogen-bond donors (Lipinski definition) is 0. The second-order valence-electron chi connectivity index (χ2n) is 6.60. The van der Waals surface area contributed by atoms with Gasteiger partial charge in [-0.1, -0.05) is 46.3 Å². The quantitative estimate of drug-likeness (QED) is 0.319. The molecule has 0 amide bonds. The number of fused-ring (bicyclic) bond motifs is 1. The molecule has 5 rings (SSSR count). The van der Waals surface area contributed by atoms with Gasteiger partial charge in [0.1, 0.15) is 0 Å². The Morgan fingerprint density at radius 2 is 1.43 bits per heavy atom. The van der Waals surface area contributed by atoms with Crippen molar-refractivity contribution >= 4 is 42.1 Å². The van der Waals surface area contributed by atoms with Gasteiger partial charge in [0.05, 0.1) is 15.5 Å². The first-order valence-corrected chi connectivity index (χ1v) is 12.2. The van der Waals surface area contributed by atoms with Crippen LogP contribution in [0, 0.1) is 0 Å². The Labute approximate surface area is 185 Å². The standard InChI is InChI=1S/C22H14BrN3O2S2/c23-17-10-6-15(7-11-17)20-14-29-22-24-21(25-26(20)22)16-8-12-19(13-9-16)30(27,28)18-4-2-1-3-5-18/h1-14H. The molecule has 0 saturated carbocycles. The molecule has 0 bridgehead atoms. The van der Waals surface area contributed by atoms with Crippen LogP contribution in [0.25, 0.3) is 27.6 Å². The fourth-order valence-electron chi connectivity index (χ4n) is 3.14. The highest BCUT2D eigenvalue weighted by Crippen LogP contribution is 2.29. The van der Waals surface area contributed by atoms with Gasteiger partial charge in [-0.25, -0.2) is 12.9 Å². The third-order valence-corrected chi connectivity index (χ3v) is 7.83. The summed E-state index contributed by atoms with van der Waals surface area (Å²) in [5, 5.41) is 6.67. The second kappa shape index (κ2) is 7.46. The minimum atomic E-state index is -3.55. The van der Waals surface area contributed by atoms with Crippen LogP contribution in [0.1, 0.15) is 0 Å². The lowest BCUT2D eigenvalue weighted by atomic mass is 10.2. The summed E-state index contributed by atoms with van der Waals surface area (Å²) < 4.78 is 28.4. The number of nitrogens with zero attached hydrogens (tertiary/aromatic N) is 3. The largest absolute Gasteiger partial charge is 0.219 e. The zero-order valence-corrected chi connectivity index (χ0v) is 18.7. The maximum Gasteiger partial charge on any atom is 0.213 e. The first-order valence-electron chi connectivity index (χ1n) is 9.03. The fraction of sp³-hybridized carbons (Fsp3) is 0. The van der Waals surface area contributed by atoms with Crippen LogP contribution in [-0.4, -0.2) is 23.0 Å². The van der Waals surface area contributed by atoms with E-state index >= 15 is 0 Å². The first-order chi connectivity index (χ1) is 14.5. The summed E-state index contributed by atoms with van der Waals surface area (Å²) in [4.78, 5) is 5.91. The summed E-state index contributed by atoms with van der Waals surface area (Å²) in [6, 6.07) is 23.1. The van der Waals surface area contributed by atoms with Gasteiger partial charge in [-0.15, -0.1) is 16.4 Å². The van der Waals surface area contributed by atoms with Gasteiger partial charge in [0, 0.05) is 21.0 Å². The molecule has 0 N–H and O–H groups in total. The summed E-state index contributed by atoms with van der Waals surface area (Å²) in [5.41, 5.74) is 2.77. The summed E-state index contributed by atoms with van der Waals surface area (Å²) >= 11 is 4.97. The van der Waals surface area contributed by atoms with Crippen molar-refractivity contribution in [3.8, 4) is 22.6 Å². The highest BCUT2D eigenvalue weighted by molar-refractivity contribution is 9.10. The Bertz CT molecular complexity index is 1440. The van der Waals surface area contributed by atoms with Crippen molar-refractivity contribution in [1.82, 2.24) is 14.6 Å². The summed E-state index contributed by atoms with van der Waals surface area (Å²) in [5.74, 6) is 0.559. The Balaban J connectivity index is 1.50. The van der Waals surface area contributed by atoms with Crippen LogP contribution in [0.5, 0.6) is 0 Å². The average Bonchev–Trinajstić information content (AvgIpc) is 3.36. The van der Waals surface area contributed by atoms with Gasteiger partial charge in [0.2, 0.25) is 14.8 Å². The Morgan fingerprint density at radius 1 is 0.800 bits per heavy atom. The van der Waals surface area contributed by atoms with Crippen LogP contribution >= 0.6 is 27.3 Å². The number of aromatic nitrogens is 3. The normalized spacial score (nSPS) is 11.8. The number of benzene rings is 3. The van der Waals surface area contributed by atoms with E-state index in [-0.39, 0.29) is 9.79 Å². The Morgan fingerprint density at radius 3 is 2.13 bits per heavy atom. The van der Waals surface area contributed by atoms with E-state index in [1.165, 1.54) is 11.3 Å². The molecule has 148 valence electrons. The smallest absolute Gasteiger partial charge is 0.213 e. The average molecular weight is 496 g/mol. The molecule has 0 atom stereocenters. The van der Waals surface area contributed by atoms with Crippen molar-refractivity contribution in [3.63, 3.8) is 0 Å². The predicted molar refractivity (Wildman–Crippen MR) is 121 cm³/mol. The molecule has 0 fully saturated rings. The molecule has 30 heavy (non-hydrogen) atoms.